The van der Waals surface area contributed by atoms with Gasteiger partial charge in [0.2, 0.25) is 0 Å². The molecule has 9 aromatic rings. The van der Waals surface area contributed by atoms with Crippen LogP contribution >= 0.6 is 0 Å². The molecule has 8 bridgehead atoms. The minimum atomic E-state index is 0. The number of aromatic amines is 2. The Morgan fingerprint density at radius 3 is 1.10 bits per heavy atom. The van der Waals surface area contributed by atoms with Crippen LogP contribution in [0.4, 0.5) is 0 Å². The van der Waals surface area contributed by atoms with Crippen LogP contribution in [0.15, 0.2) is 194 Å². The quantitative estimate of drug-likeness (QED) is 0.137. The molecule has 5 heterocycles. The fourth-order valence-corrected chi connectivity index (χ4v) is 7.35. The molecule has 0 amide bonds. The van der Waals surface area contributed by atoms with E-state index in [9.17, 15) is 0 Å². The number of nitrogens with zero attached hydrogens (tertiary/aromatic N) is 2. The molecule has 282 valence electrons. The summed E-state index contributed by atoms with van der Waals surface area (Å²) in [5.74, 6) is 0. The zero-order valence-electron chi connectivity index (χ0n) is 31.4. The van der Waals surface area contributed by atoms with Gasteiger partial charge in [-0.05, 0) is 46.4 Å². The van der Waals surface area contributed by atoms with Gasteiger partial charge in [0.05, 0.1) is 11.4 Å². The summed E-state index contributed by atoms with van der Waals surface area (Å²) < 4.78 is 0. The number of hydrogen-bond acceptors (Lipinski definition) is 2. The van der Waals surface area contributed by atoms with Crippen LogP contribution in [-0.4, -0.2) is 19.9 Å². The fourth-order valence-electron chi connectivity index (χ4n) is 7.35. The molecule has 2 aliphatic rings. The van der Waals surface area contributed by atoms with Crippen molar-refractivity contribution in [3.63, 3.8) is 0 Å². The summed E-state index contributed by atoms with van der Waals surface area (Å²) in [7, 11) is 0. The van der Waals surface area contributed by atoms with Gasteiger partial charge in [-0.2, -0.15) is 60.7 Å². The molecule has 58 heavy (non-hydrogen) atoms. The molecule has 6 aromatic carbocycles. The topological polar surface area (TPSA) is 57.4 Å². The van der Waals surface area contributed by atoms with E-state index in [1.165, 1.54) is 0 Å². The molecule has 0 saturated carbocycles. The third-order valence-electron chi connectivity index (χ3n) is 9.89. The largest absolute Gasteiger partial charge is 2.00 e. The van der Waals surface area contributed by atoms with Gasteiger partial charge < -0.3 is 9.97 Å². The van der Waals surface area contributed by atoms with E-state index in [2.05, 4.69) is 156 Å². The van der Waals surface area contributed by atoms with E-state index in [-0.39, 0.29) is 34.1 Å². The average Bonchev–Trinajstić information content (AvgIpc) is 4.09. The van der Waals surface area contributed by atoms with Crippen molar-refractivity contribution in [1.82, 2.24) is 19.9 Å². The van der Waals surface area contributed by atoms with Gasteiger partial charge in [-0.15, -0.1) is 24.3 Å². The van der Waals surface area contributed by atoms with Gasteiger partial charge in [-0.3, -0.25) is 9.97 Å². The van der Waals surface area contributed by atoms with Crippen molar-refractivity contribution in [2.75, 3.05) is 0 Å². The van der Waals surface area contributed by atoms with E-state index in [1.54, 1.807) is 0 Å². The molecule has 0 spiro atoms. The molecular formula is C52H38Fe2N4. The number of aromatic nitrogens is 4. The van der Waals surface area contributed by atoms with Crippen molar-refractivity contribution in [2.45, 2.75) is 0 Å². The first-order chi connectivity index (χ1) is 27.8. The first kappa shape index (κ1) is 39.7. The van der Waals surface area contributed by atoms with Crippen LogP contribution in [0.2, 0.25) is 0 Å². The van der Waals surface area contributed by atoms with Crippen molar-refractivity contribution in [3.05, 3.63) is 217 Å². The SMILES string of the molecule is C1=Cc2nc1c(-[c-]1cccc1)c1nc(c(-c3ccccc3)c3ccc([nH]3)c(-[c-]3cccc3)c3ccc([nH]3)c2-c2ccccc2)C=C1.[Fe+2].[Fe+2].c1cc[cH-]c1.c1cc[cH-]c1. The maximum Gasteiger partial charge on any atom is 2.00 e. The van der Waals surface area contributed by atoms with E-state index in [0.717, 1.165) is 89.4 Å². The second-order valence-electron chi connectivity index (χ2n) is 13.5. The van der Waals surface area contributed by atoms with Crippen LogP contribution in [0.5, 0.6) is 0 Å². The molecular weight excluding hydrogens is 792 g/mol. The average molecular weight is 831 g/mol. The number of hydrogen-bond donors (Lipinski definition) is 2. The summed E-state index contributed by atoms with van der Waals surface area (Å²) in [6, 6.07) is 66.6. The van der Waals surface area contributed by atoms with Gasteiger partial charge >= 0.3 is 34.1 Å². The number of fused-ring (bicyclic) bond motifs is 8. The van der Waals surface area contributed by atoms with Gasteiger partial charge in [0.25, 0.3) is 0 Å². The second kappa shape index (κ2) is 18.6. The minimum Gasteiger partial charge on any atom is -0.386 e. The Hall–Kier alpha value is -6.52. The van der Waals surface area contributed by atoms with Crippen LogP contribution < -0.4 is 0 Å². The Bertz CT molecular complexity index is 2670. The second-order valence-corrected chi connectivity index (χ2v) is 13.5. The third-order valence-corrected chi connectivity index (χ3v) is 9.89. The molecule has 2 N–H and O–H groups in total. The van der Waals surface area contributed by atoms with E-state index >= 15 is 0 Å². The molecule has 11 rings (SSSR count). The van der Waals surface area contributed by atoms with Crippen molar-refractivity contribution < 1.29 is 34.1 Å². The van der Waals surface area contributed by atoms with Gasteiger partial charge in [-0.25, -0.2) is 24.3 Å². The molecule has 0 saturated heterocycles. The van der Waals surface area contributed by atoms with Gasteiger partial charge in [0, 0.05) is 33.5 Å². The predicted octanol–water partition coefficient (Wildman–Crippen LogP) is 13.6. The van der Waals surface area contributed by atoms with Crippen LogP contribution in [-0.2, 0) is 34.1 Å². The Balaban J connectivity index is 0.000000375. The van der Waals surface area contributed by atoms with E-state index < -0.39 is 0 Å². The van der Waals surface area contributed by atoms with Crippen LogP contribution in [0.3, 0.4) is 0 Å². The molecule has 4 nitrogen and oxygen atoms in total. The minimum absolute atomic E-state index is 0. The third kappa shape index (κ3) is 8.43. The standard InChI is InChI=1S/C42H28N4.2C5H5.2Fe/c1-3-11-27(12-4-1)39-31-19-23-35(43-31)41(29-15-7-8-16-29)37-25-21-33(45-37)40(28-13-5-2-6-14-28)34-22-26-38(46-34)42(30-17-9-10-18-30)36-24-20-32(39)44-36;2*1-2-4-5-3-1;;/h1-26,43,45H;2*1-5H;;/q-2;2*-1;2*+2. The summed E-state index contributed by atoms with van der Waals surface area (Å²) in [6.07, 6.45) is 8.50. The number of H-pyrrole nitrogens is 2. The summed E-state index contributed by atoms with van der Waals surface area (Å²) in [5.41, 5.74) is 16.3. The van der Waals surface area contributed by atoms with Crippen molar-refractivity contribution in [2.24, 2.45) is 0 Å². The van der Waals surface area contributed by atoms with Crippen LogP contribution in [0, 0.1) is 0 Å². The van der Waals surface area contributed by atoms with Gasteiger partial charge in [0.15, 0.2) is 0 Å². The van der Waals surface area contributed by atoms with Crippen LogP contribution in [0.1, 0.15) is 22.8 Å². The Kier molecular flexibility index (Phi) is 12.7. The van der Waals surface area contributed by atoms with Crippen molar-refractivity contribution in [3.8, 4) is 44.5 Å². The molecule has 0 aliphatic carbocycles. The molecule has 6 heteroatoms. The monoisotopic (exact) mass is 830 g/mol. The van der Waals surface area contributed by atoms with Crippen molar-refractivity contribution in [1.29, 1.82) is 0 Å². The summed E-state index contributed by atoms with van der Waals surface area (Å²) in [4.78, 5) is 18.2. The molecule has 0 unspecified atom stereocenters. The first-order valence-electron chi connectivity index (χ1n) is 18.8. The maximum atomic E-state index is 5.31. The van der Waals surface area contributed by atoms with E-state index in [0.29, 0.717) is 0 Å². The molecule has 3 aromatic heterocycles. The predicted molar refractivity (Wildman–Crippen MR) is 236 cm³/mol. The van der Waals surface area contributed by atoms with Crippen LogP contribution in [0.25, 0.3) is 90.9 Å². The molecule has 0 fully saturated rings. The first-order valence-corrected chi connectivity index (χ1v) is 18.8. The summed E-state index contributed by atoms with van der Waals surface area (Å²) in [5, 5.41) is 0. The molecule has 0 radical (unpaired) electrons. The van der Waals surface area contributed by atoms with E-state index in [4.69, 9.17) is 9.97 Å². The van der Waals surface area contributed by atoms with Gasteiger partial charge in [-0.1, -0.05) is 107 Å². The number of benzene rings is 2. The Labute approximate surface area is 359 Å². The normalized spacial score (nSPS) is 11.0. The maximum absolute atomic E-state index is 5.31. The number of rotatable bonds is 4. The zero-order chi connectivity index (χ0) is 37.5. The van der Waals surface area contributed by atoms with Gasteiger partial charge in [0.1, 0.15) is 0 Å². The summed E-state index contributed by atoms with van der Waals surface area (Å²) >= 11 is 0. The van der Waals surface area contributed by atoms with E-state index in [1.807, 2.05) is 72.8 Å². The summed E-state index contributed by atoms with van der Waals surface area (Å²) in [6.45, 7) is 0. The Morgan fingerprint density at radius 2 is 0.724 bits per heavy atom. The molecule has 0 atom stereocenters. The fraction of sp³-hybridized carbons (Fsp3) is 0. The Morgan fingerprint density at radius 1 is 0.362 bits per heavy atom. The van der Waals surface area contributed by atoms with Crippen molar-refractivity contribution >= 4 is 46.4 Å². The smallest absolute Gasteiger partial charge is 0.386 e. The molecule has 2 aliphatic heterocycles. The zero-order valence-corrected chi connectivity index (χ0v) is 33.6. The number of nitrogens with one attached hydrogen (secondary N) is 2.